The molecule has 0 saturated heterocycles. The van der Waals surface area contributed by atoms with E-state index in [1.165, 1.54) is 11.1 Å². The van der Waals surface area contributed by atoms with Crippen molar-refractivity contribution < 1.29 is 5.11 Å². The third kappa shape index (κ3) is 1.86. The fourth-order valence-electron chi connectivity index (χ4n) is 2.47. The summed E-state index contributed by atoms with van der Waals surface area (Å²) >= 11 is 0. The Labute approximate surface area is 101 Å². The molecule has 0 saturated carbocycles. The van der Waals surface area contributed by atoms with Crippen LogP contribution in [0, 0.1) is 0 Å². The zero-order valence-electron chi connectivity index (χ0n) is 9.51. The van der Waals surface area contributed by atoms with E-state index in [1.54, 1.807) is 0 Å². The molecule has 1 aliphatic rings. The number of aliphatic hydroxyl groups excluding tert-OH is 1. The van der Waals surface area contributed by atoms with Gasteiger partial charge in [-0.1, -0.05) is 54.6 Å². The van der Waals surface area contributed by atoms with Gasteiger partial charge >= 0.3 is 0 Å². The van der Waals surface area contributed by atoms with Gasteiger partial charge in [-0.3, -0.25) is 0 Å². The zero-order chi connectivity index (χ0) is 11.7. The van der Waals surface area contributed by atoms with Gasteiger partial charge in [0.2, 0.25) is 0 Å². The Morgan fingerprint density at radius 2 is 1.53 bits per heavy atom. The summed E-state index contributed by atoms with van der Waals surface area (Å²) in [7, 11) is 0. The number of fused-ring (bicyclic) bond motifs is 1. The molecule has 2 aromatic rings. The molecule has 2 aromatic carbocycles. The maximum Gasteiger partial charge on any atom is 0.0918 e. The molecule has 0 amide bonds. The van der Waals surface area contributed by atoms with Gasteiger partial charge in [0, 0.05) is 6.54 Å². The second kappa shape index (κ2) is 4.32. The third-order valence-electron chi connectivity index (χ3n) is 3.31. The predicted molar refractivity (Wildman–Crippen MR) is 67.7 cm³/mol. The van der Waals surface area contributed by atoms with E-state index < -0.39 is 6.10 Å². The average Bonchev–Trinajstić information content (AvgIpc) is 2.41. The second-order valence-electron chi connectivity index (χ2n) is 4.40. The Hall–Kier alpha value is -1.64. The first-order valence-corrected chi connectivity index (χ1v) is 5.91. The molecule has 0 aliphatic carbocycles. The first-order chi connectivity index (χ1) is 8.36. The number of hydrogen-bond donors (Lipinski definition) is 2. The standard InChI is InChI=1S/C15H15NO/c17-14-10-16-15(11-6-2-1-3-7-11)13-9-5-4-8-12(13)14/h1-9,14-17H,10H2/t14-,15+/m1/s1. The molecule has 0 radical (unpaired) electrons. The normalized spacial score (nSPS) is 23.1. The van der Waals surface area contributed by atoms with E-state index in [0.717, 1.165) is 5.56 Å². The molecular formula is C15H15NO. The molecule has 3 rings (SSSR count). The van der Waals surface area contributed by atoms with Crippen molar-refractivity contribution in [3.05, 3.63) is 71.3 Å². The van der Waals surface area contributed by atoms with Gasteiger partial charge in [0.25, 0.3) is 0 Å². The smallest absolute Gasteiger partial charge is 0.0918 e. The van der Waals surface area contributed by atoms with Crippen LogP contribution in [0.2, 0.25) is 0 Å². The van der Waals surface area contributed by atoms with Crippen molar-refractivity contribution >= 4 is 0 Å². The maximum absolute atomic E-state index is 9.96. The van der Waals surface area contributed by atoms with Crippen LogP contribution in [0.5, 0.6) is 0 Å². The summed E-state index contributed by atoms with van der Waals surface area (Å²) in [4.78, 5) is 0. The Morgan fingerprint density at radius 1 is 0.882 bits per heavy atom. The Morgan fingerprint density at radius 3 is 2.29 bits per heavy atom. The summed E-state index contributed by atoms with van der Waals surface area (Å²) < 4.78 is 0. The van der Waals surface area contributed by atoms with Crippen molar-refractivity contribution in [1.29, 1.82) is 0 Å². The van der Waals surface area contributed by atoms with Gasteiger partial charge in [-0.2, -0.15) is 0 Å². The molecule has 2 heteroatoms. The summed E-state index contributed by atoms with van der Waals surface area (Å²) in [5.74, 6) is 0. The van der Waals surface area contributed by atoms with Gasteiger partial charge in [0.1, 0.15) is 0 Å². The van der Waals surface area contributed by atoms with Crippen molar-refractivity contribution in [3.63, 3.8) is 0 Å². The zero-order valence-corrected chi connectivity index (χ0v) is 9.51. The number of nitrogens with one attached hydrogen (secondary N) is 1. The highest BCUT2D eigenvalue weighted by Gasteiger charge is 2.25. The predicted octanol–water partition coefficient (Wildman–Crippen LogP) is 2.41. The quantitative estimate of drug-likeness (QED) is 0.781. The Bertz CT molecular complexity index is 509. The van der Waals surface area contributed by atoms with E-state index in [2.05, 4.69) is 23.5 Å². The van der Waals surface area contributed by atoms with Crippen LogP contribution in [-0.2, 0) is 0 Å². The highest BCUT2D eigenvalue weighted by atomic mass is 16.3. The molecule has 2 nitrogen and oxygen atoms in total. The van der Waals surface area contributed by atoms with Gasteiger partial charge in [0.05, 0.1) is 12.1 Å². The largest absolute Gasteiger partial charge is 0.387 e. The van der Waals surface area contributed by atoms with E-state index in [0.29, 0.717) is 6.54 Å². The van der Waals surface area contributed by atoms with E-state index in [4.69, 9.17) is 0 Å². The van der Waals surface area contributed by atoms with Gasteiger partial charge in [0.15, 0.2) is 0 Å². The summed E-state index contributed by atoms with van der Waals surface area (Å²) in [6, 6.07) is 18.6. The molecular weight excluding hydrogens is 210 g/mol. The molecule has 0 aromatic heterocycles. The maximum atomic E-state index is 9.96. The first kappa shape index (κ1) is 10.5. The number of aliphatic hydroxyl groups is 1. The third-order valence-corrected chi connectivity index (χ3v) is 3.31. The lowest BCUT2D eigenvalue weighted by molar-refractivity contribution is 0.160. The van der Waals surface area contributed by atoms with Gasteiger partial charge in [-0.05, 0) is 16.7 Å². The number of rotatable bonds is 1. The van der Waals surface area contributed by atoms with Crippen LogP contribution in [0.4, 0.5) is 0 Å². The van der Waals surface area contributed by atoms with Crippen molar-refractivity contribution in [2.24, 2.45) is 0 Å². The Balaban J connectivity index is 2.07. The summed E-state index contributed by atoms with van der Waals surface area (Å²) in [5, 5.41) is 13.4. The first-order valence-electron chi connectivity index (χ1n) is 5.91. The van der Waals surface area contributed by atoms with Gasteiger partial charge in [-0.25, -0.2) is 0 Å². The van der Waals surface area contributed by atoms with Gasteiger partial charge in [-0.15, -0.1) is 0 Å². The second-order valence-corrected chi connectivity index (χ2v) is 4.40. The molecule has 86 valence electrons. The fraction of sp³-hybridized carbons (Fsp3) is 0.200. The molecule has 0 fully saturated rings. The van der Waals surface area contributed by atoms with Crippen molar-refractivity contribution in [2.45, 2.75) is 12.1 Å². The fourth-order valence-corrected chi connectivity index (χ4v) is 2.47. The van der Waals surface area contributed by atoms with Crippen molar-refractivity contribution in [2.75, 3.05) is 6.54 Å². The molecule has 1 heterocycles. The number of benzene rings is 2. The lowest BCUT2D eigenvalue weighted by Crippen LogP contribution is -2.33. The number of β-amino-alcohol motifs (C(OH)–C–C–N with tert-alkyl or cyclic N) is 1. The van der Waals surface area contributed by atoms with Crippen LogP contribution in [-0.4, -0.2) is 11.7 Å². The minimum Gasteiger partial charge on any atom is -0.387 e. The SMILES string of the molecule is O[C@@H]1CN[C@@H](c2ccccc2)c2ccccc21. The molecule has 17 heavy (non-hydrogen) atoms. The summed E-state index contributed by atoms with van der Waals surface area (Å²) in [6.07, 6.45) is -0.397. The van der Waals surface area contributed by atoms with Gasteiger partial charge < -0.3 is 10.4 Å². The van der Waals surface area contributed by atoms with Crippen LogP contribution in [0.3, 0.4) is 0 Å². The summed E-state index contributed by atoms with van der Waals surface area (Å²) in [5.41, 5.74) is 3.46. The molecule has 0 spiro atoms. The van der Waals surface area contributed by atoms with Crippen LogP contribution < -0.4 is 5.32 Å². The molecule has 2 N–H and O–H groups in total. The molecule has 1 aliphatic heterocycles. The van der Waals surface area contributed by atoms with Crippen molar-refractivity contribution in [1.82, 2.24) is 5.32 Å². The minimum atomic E-state index is -0.397. The van der Waals surface area contributed by atoms with Crippen LogP contribution in [0.1, 0.15) is 28.8 Å². The topological polar surface area (TPSA) is 32.3 Å². The van der Waals surface area contributed by atoms with E-state index >= 15 is 0 Å². The van der Waals surface area contributed by atoms with E-state index in [-0.39, 0.29) is 6.04 Å². The molecule has 0 unspecified atom stereocenters. The van der Waals surface area contributed by atoms with Crippen LogP contribution in [0.15, 0.2) is 54.6 Å². The molecule has 2 atom stereocenters. The summed E-state index contributed by atoms with van der Waals surface area (Å²) in [6.45, 7) is 0.608. The highest BCUT2D eigenvalue weighted by molar-refractivity contribution is 5.40. The van der Waals surface area contributed by atoms with Crippen LogP contribution in [0.25, 0.3) is 0 Å². The lowest BCUT2D eigenvalue weighted by Gasteiger charge is -2.30. The highest BCUT2D eigenvalue weighted by Crippen LogP contribution is 2.32. The molecule has 0 bridgehead atoms. The van der Waals surface area contributed by atoms with E-state index in [9.17, 15) is 5.11 Å². The van der Waals surface area contributed by atoms with Crippen LogP contribution >= 0.6 is 0 Å². The minimum absolute atomic E-state index is 0.191. The van der Waals surface area contributed by atoms with Crippen molar-refractivity contribution in [3.8, 4) is 0 Å². The lowest BCUT2D eigenvalue weighted by atomic mass is 9.89. The average molecular weight is 225 g/mol. The number of hydrogen-bond acceptors (Lipinski definition) is 2. The monoisotopic (exact) mass is 225 g/mol. The Kier molecular flexibility index (Phi) is 2.67. The van der Waals surface area contributed by atoms with E-state index in [1.807, 2.05) is 36.4 Å².